The Morgan fingerprint density at radius 2 is 1.87 bits per heavy atom. The number of nitrogens with zero attached hydrogens (tertiary/aromatic N) is 3. The lowest BCUT2D eigenvalue weighted by Crippen LogP contribution is -2.30. The minimum absolute atomic E-state index is 0.293. The molecule has 4 rings (SSSR count). The lowest BCUT2D eigenvalue weighted by molar-refractivity contribution is -0.274. The highest BCUT2D eigenvalue weighted by Gasteiger charge is 2.31. The van der Waals surface area contributed by atoms with Crippen LogP contribution in [0.3, 0.4) is 0 Å². The topological polar surface area (TPSA) is 67.7 Å². The Morgan fingerprint density at radius 3 is 2.58 bits per heavy atom. The van der Waals surface area contributed by atoms with Crippen LogP contribution < -0.4 is 9.47 Å². The summed E-state index contributed by atoms with van der Waals surface area (Å²) in [5.74, 6) is 0.860. The molecule has 1 N–H and O–H groups in total. The second kappa shape index (κ2) is 8.52. The molecule has 1 unspecified atom stereocenters. The first-order valence-electron chi connectivity index (χ1n) is 9.62. The van der Waals surface area contributed by atoms with E-state index in [1.165, 1.54) is 24.3 Å². The molecule has 31 heavy (non-hydrogen) atoms. The van der Waals surface area contributed by atoms with Gasteiger partial charge in [0.15, 0.2) is 0 Å². The molecule has 9 heteroatoms. The van der Waals surface area contributed by atoms with E-state index in [0.29, 0.717) is 42.4 Å². The Hall–Kier alpha value is -3.17. The number of aromatic nitrogens is 2. The molecule has 1 atom stereocenters. The molecule has 6 nitrogen and oxygen atoms in total. The first-order chi connectivity index (χ1) is 14.8. The molecule has 0 bridgehead atoms. The first-order valence-corrected chi connectivity index (χ1v) is 9.62. The van der Waals surface area contributed by atoms with Crippen molar-refractivity contribution in [3.05, 3.63) is 71.8 Å². The van der Waals surface area contributed by atoms with E-state index in [1.54, 1.807) is 30.5 Å². The van der Waals surface area contributed by atoms with E-state index < -0.39 is 12.6 Å². The van der Waals surface area contributed by atoms with Gasteiger partial charge in [-0.2, -0.15) is 0 Å². The molecule has 0 saturated carbocycles. The van der Waals surface area contributed by atoms with Gasteiger partial charge in [-0.3, -0.25) is 4.90 Å². The fraction of sp³-hybridized carbons (Fsp3) is 0.273. The summed E-state index contributed by atoms with van der Waals surface area (Å²) in [6.45, 7) is 3.09. The SMILES string of the molecule is Cc1ccnc(CN2CCOc3ccc(-c4ccc(OC(F)(F)F)cc4)cc3C2O)n1. The zero-order chi connectivity index (χ0) is 22.0. The third-order valence-electron chi connectivity index (χ3n) is 4.88. The largest absolute Gasteiger partial charge is 0.573 e. The minimum Gasteiger partial charge on any atom is -0.492 e. The van der Waals surface area contributed by atoms with Crippen LogP contribution in [0.5, 0.6) is 11.5 Å². The van der Waals surface area contributed by atoms with Crippen LogP contribution in [0.1, 0.15) is 23.3 Å². The Kier molecular flexibility index (Phi) is 5.79. The molecule has 162 valence electrons. The van der Waals surface area contributed by atoms with Gasteiger partial charge in [0, 0.05) is 24.0 Å². The van der Waals surface area contributed by atoms with E-state index in [2.05, 4.69) is 14.7 Å². The third kappa shape index (κ3) is 5.12. The summed E-state index contributed by atoms with van der Waals surface area (Å²) in [7, 11) is 0. The number of aliphatic hydroxyl groups excluding tert-OH is 1. The second-order valence-corrected chi connectivity index (χ2v) is 7.13. The van der Waals surface area contributed by atoms with Gasteiger partial charge >= 0.3 is 6.36 Å². The second-order valence-electron chi connectivity index (χ2n) is 7.13. The number of halogens is 3. The Balaban J connectivity index is 1.58. The van der Waals surface area contributed by atoms with Gasteiger partial charge in [0.05, 0.1) is 6.54 Å². The van der Waals surface area contributed by atoms with Crippen LogP contribution in [0.15, 0.2) is 54.7 Å². The highest BCUT2D eigenvalue weighted by atomic mass is 19.4. The van der Waals surface area contributed by atoms with E-state index >= 15 is 0 Å². The summed E-state index contributed by atoms with van der Waals surface area (Å²) >= 11 is 0. The number of ether oxygens (including phenoxy) is 2. The predicted molar refractivity (Wildman–Crippen MR) is 106 cm³/mol. The maximum Gasteiger partial charge on any atom is 0.573 e. The zero-order valence-corrected chi connectivity index (χ0v) is 16.6. The van der Waals surface area contributed by atoms with Crippen LogP contribution in [0.2, 0.25) is 0 Å². The maximum absolute atomic E-state index is 12.4. The van der Waals surface area contributed by atoms with Crippen LogP contribution in [-0.2, 0) is 6.54 Å². The van der Waals surface area contributed by atoms with Crippen molar-refractivity contribution in [1.29, 1.82) is 0 Å². The lowest BCUT2D eigenvalue weighted by Gasteiger charge is -2.25. The average Bonchev–Trinajstić information content (AvgIpc) is 2.86. The molecule has 0 radical (unpaired) electrons. The summed E-state index contributed by atoms with van der Waals surface area (Å²) in [4.78, 5) is 10.5. The number of benzene rings is 2. The summed E-state index contributed by atoms with van der Waals surface area (Å²) in [6.07, 6.45) is -4.01. The summed E-state index contributed by atoms with van der Waals surface area (Å²) < 4.78 is 46.8. The molecule has 3 aromatic rings. The number of rotatable bonds is 4. The van der Waals surface area contributed by atoms with Crippen LogP contribution in [-0.4, -0.2) is 39.5 Å². The van der Waals surface area contributed by atoms with Crippen LogP contribution >= 0.6 is 0 Å². The Labute approximate surface area is 176 Å². The number of aliphatic hydroxyl groups is 1. The van der Waals surface area contributed by atoms with Crippen LogP contribution in [0.25, 0.3) is 11.1 Å². The highest BCUT2D eigenvalue weighted by molar-refractivity contribution is 5.66. The third-order valence-corrected chi connectivity index (χ3v) is 4.88. The molecule has 0 fully saturated rings. The van der Waals surface area contributed by atoms with Gasteiger partial charge in [0.1, 0.15) is 30.2 Å². The highest BCUT2D eigenvalue weighted by Crippen LogP contribution is 2.35. The molecule has 0 spiro atoms. The van der Waals surface area contributed by atoms with Gasteiger partial charge in [-0.1, -0.05) is 18.2 Å². The van der Waals surface area contributed by atoms with Crippen molar-refractivity contribution < 1.29 is 27.8 Å². The maximum atomic E-state index is 12.4. The number of hydrogen-bond donors (Lipinski definition) is 1. The van der Waals surface area contributed by atoms with E-state index in [4.69, 9.17) is 4.74 Å². The van der Waals surface area contributed by atoms with Crippen LogP contribution in [0, 0.1) is 6.92 Å². The number of hydrogen-bond acceptors (Lipinski definition) is 6. The van der Waals surface area contributed by atoms with Gasteiger partial charge in [0.25, 0.3) is 0 Å². The molecule has 1 aliphatic heterocycles. The Bertz CT molecular complexity index is 1060. The van der Waals surface area contributed by atoms with E-state index in [-0.39, 0.29) is 5.75 Å². The van der Waals surface area contributed by atoms with Crippen LogP contribution in [0.4, 0.5) is 13.2 Å². The average molecular weight is 431 g/mol. The van der Waals surface area contributed by atoms with Gasteiger partial charge < -0.3 is 14.6 Å². The summed E-state index contributed by atoms with van der Waals surface area (Å²) in [5, 5.41) is 11.0. The predicted octanol–water partition coefficient (Wildman–Crippen LogP) is 4.24. The van der Waals surface area contributed by atoms with E-state index in [1.807, 2.05) is 11.8 Å². The number of alkyl halides is 3. The van der Waals surface area contributed by atoms with Crippen molar-refractivity contribution in [3.63, 3.8) is 0 Å². The molecule has 2 heterocycles. The molecule has 1 aromatic heterocycles. The molecule has 2 aromatic carbocycles. The van der Waals surface area contributed by atoms with E-state index in [0.717, 1.165) is 11.3 Å². The molecule has 0 amide bonds. The molecule has 1 aliphatic rings. The smallest absolute Gasteiger partial charge is 0.492 e. The fourth-order valence-corrected chi connectivity index (χ4v) is 3.43. The molecular formula is C22H20F3N3O3. The van der Waals surface area contributed by atoms with E-state index in [9.17, 15) is 18.3 Å². The van der Waals surface area contributed by atoms with Gasteiger partial charge in [-0.05, 0) is 48.4 Å². The van der Waals surface area contributed by atoms with Gasteiger partial charge in [-0.15, -0.1) is 13.2 Å². The first kappa shape index (κ1) is 21.1. The lowest BCUT2D eigenvalue weighted by atomic mass is 10.0. The summed E-state index contributed by atoms with van der Waals surface area (Å²) in [6, 6.07) is 12.7. The monoisotopic (exact) mass is 431 g/mol. The van der Waals surface area contributed by atoms with Crippen molar-refractivity contribution >= 4 is 0 Å². The van der Waals surface area contributed by atoms with Crippen molar-refractivity contribution in [1.82, 2.24) is 14.9 Å². The number of fused-ring (bicyclic) bond motifs is 1. The van der Waals surface area contributed by atoms with Gasteiger partial charge in [0.2, 0.25) is 0 Å². The molecule has 0 aliphatic carbocycles. The normalized spacial score (nSPS) is 16.9. The fourth-order valence-electron chi connectivity index (χ4n) is 3.43. The quantitative estimate of drug-likeness (QED) is 0.667. The van der Waals surface area contributed by atoms with Crippen molar-refractivity contribution in [2.24, 2.45) is 0 Å². The van der Waals surface area contributed by atoms with Gasteiger partial charge in [-0.25, -0.2) is 9.97 Å². The molecular weight excluding hydrogens is 411 g/mol. The van der Waals surface area contributed by atoms with Crippen molar-refractivity contribution in [2.75, 3.05) is 13.2 Å². The summed E-state index contributed by atoms with van der Waals surface area (Å²) in [5.41, 5.74) is 2.82. The van der Waals surface area contributed by atoms with Crippen molar-refractivity contribution in [3.8, 4) is 22.6 Å². The van der Waals surface area contributed by atoms with Crippen molar-refractivity contribution in [2.45, 2.75) is 26.1 Å². The molecule has 0 saturated heterocycles. The zero-order valence-electron chi connectivity index (χ0n) is 16.6. The minimum atomic E-state index is -4.74. The number of aryl methyl sites for hydroxylation is 1. The Morgan fingerprint density at radius 1 is 1.13 bits per heavy atom. The standard InChI is InChI=1S/C22H20F3N3O3/c1-14-8-9-26-20(27-14)13-28-10-11-30-19-7-4-16(12-18(19)21(28)29)15-2-5-17(6-3-15)31-22(23,24)25/h2-9,12,21,29H,10-11,13H2,1H3.